The summed E-state index contributed by atoms with van der Waals surface area (Å²) >= 11 is 0. The number of hydrogen-bond donors (Lipinski definition) is 2. The molecule has 0 atom stereocenters. The summed E-state index contributed by atoms with van der Waals surface area (Å²) in [6.45, 7) is 3.43. The predicted molar refractivity (Wildman–Crippen MR) is 55.9 cm³/mol. The van der Waals surface area contributed by atoms with E-state index in [1.54, 1.807) is 19.9 Å². The monoisotopic (exact) mass is 224 g/mol. The van der Waals surface area contributed by atoms with Gasteiger partial charge in [0.15, 0.2) is 0 Å². The maximum Gasteiger partial charge on any atom is 0.296 e. The molecule has 1 radical (unpaired) electrons. The van der Waals surface area contributed by atoms with Crippen molar-refractivity contribution in [1.29, 1.82) is 0 Å². The van der Waals surface area contributed by atoms with Gasteiger partial charge in [-0.25, -0.2) is 0 Å². The summed E-state index contributed by atoms with van der Waals surface area (Å²) in [4.78, 5) is -0.218. The van der Waals surface area contributed by atoms with Gasteiger partial charge in [-0.1, -0.05) is 6.07 Å². The minimum absolute atomic E-state index is 0. The van der Waals surface area contributed by atoms with Gasteiger partial charge >= 0.3 is 0 Å². The number of aryl methyl sites for hydroxylation is 2. The van der Waals surface area contributed by atoms with E-state index in [9.17, 15) is 8.42 Å². The molecule has 0 saturated carbocycles. The van der Waals surface area contributed by atoms with Gasteiger partial charge in [0.25, 0.3) is 10.1 Å². The molecule has 0 unspecified atom stereocenters. The van der Waals surface area contributed by atoms with Crippen molar-refractivity contribution in [1.82, 2.24) is 0 Å². The summed E-state index contributed by atoms with van der Waals surface area (Å²) in [5, 5.41) is 0. The van der Waals surface area contributed by atoms with Gasteiger partial charge in [0, 0.05) is 29.6 Å². The van der Waals surface area contributed by atoms with Gasteiger partial charge in [0.2, 0.25) is 0 Å². The molecule has 4 nitrogen and oxygen atoms in total. The van der Waals surface area contributed by atoms with Crippen LogP contribution in [-0.2, 0) is 10.1 Å². The van der Waals surface area contributed by atoms with Crippen LogP contribution in [0, 0.1) is 13.8 Å². The van der Waals surface area contributed by atoms with Gasteiger partial charge in [0.1, 0.15) is 4.90 Å². The molecule has 0 spiro atoms. The van der Waals surface area contributed by atoms with Crippen LogP contribution in [0.25, 0.3) is 0 Å². The number of hydrogen-bond acceptors (Lipinski definition) is 3. The van der Waals surface area contributed by atoms with Crippen LogP contribution in [-0.4, -0.2) is 42.5 Å². The van der Waals surface area contributed by atoms with E-state index in [0.29, 0.717) is 5.56 Å². The standard InChI is InChI=1S/C8H11NO3S.Na/c1-5-3-6(2)8(9)7(4-5)13(10,11)12;/h3-4H,9H2,1-2H3,(H,10,11,12);. The first kappa shape index (κ1) is 13.9. The molecule has 1 aromatic carbocycles. The zero-order chi connectivity index (χ0) is 10.2. The Labute approximate surface area is 106 Å². The van der Waals surface area contributed by atoms with Crippen molar-refractivity contribution in [3.63, 3.8) is 0 Å². The Balaban J connectivity index is 0.00000169. The van der Waals surface area contributed by atoms with Gasteiger partial charge in [0.05, 0.1) is 5.69 Å². The maximum atomic E-state index is 10.8. The zero-order valence-electron chi connectivity index (χ0n) is 8.40. The normalized spacial score (nSPS) is 10.8. The molecule has 73 valence electrons. The first-order valence-corrected chi connectivity index (χ1v) is 5.10. The van der Waals surface area contributed by atoms with E-state index < -0.39 is 10.1 Å². The van der Waals surface area contributed by atoms with Crippen molar-refractivity contribution in [2.75, 3.05) is 5.73 Å². The molecule has 14 heavy (non-hydrogen) atoms. The molecule has 0 aromatic heterocycles. The minimum atomic E-state index is -4.20. The fourth-order valence-corrected chi connectivity index (χ4v) is 1.93. The van der Waals surface area contributed by atoms with Gasteiger partial charge in [-0.05, 0) is 31.0 Å². The van der Waals surface area contributed by atoms with Gasteiger partial charge in [-0.15, -0.1) is 0 Å². The molecular formula is C8H11NNaO3S. The molecule has 0 saturated heterocycles. The number of rotatable bonds is 1. The van der Waals surface area contributed by atoms with E-state index >= 15 is 0 Å². The second kappa shape index (κ2) is 4.63. The molecule has 0 bridgehead atoms. The van der Waals surface area contributed by atoms with E-state index in [1.807, 2.05) is 0 Å². The average molecular weight is 224 g/mol. The second-order valence-electron chi connectivity index (χ2n) is 2.97. The Kier molecular flexibility index (Phi) is 4.61. The molecule has 0 aliphatic rings. The van der Waals surface area contributed by atoms with Crippen LogP contribution >= 0.6 is 0 Å². The fourth-order valence-electron chi connectivity index (χ4n) is 1.15. The maximum absolute atomic E-state index is 10.8. The average Bonchev–Trinajstić information content (AvgIpc) is 1.94. The van der Waals surface area contributed by atoms with E-state index in [2.05, 4.69) is 0 Å². The third-order valence-electron chi connectivity index (χ3n) is 1.77. The van der Waals surface area contributed by atoms with E-state index in [-0.39, 0.29) is 40.1 Å². The topological polar surface area (TPSA) is 80.4 Å². The van der Waals surface area contributed by atoms with Crippen molar-refractivity contribution in [3.8, 4) is 0 Å². The smallest absolute Gasteiger partial charge is 0.296 e. The van der Waals surface area contributed by atoms with Crippen molar-refractivity contribution in [2.45, 2.75) is 18.7 Å². The zero-order valence-corrected chi connectivity index (χ0v) is 11.2. The first-order chi connectivity index (χ1) is 5.82. The van der Waals surface area contributed by atoms with Crippen LogP contribution in [0.4, 0.5) is 5.69 Å². The Morgan fingerprint density at radius 3 is 2.21 bits per heavy atom. The van der Waals surface area contributed by atoms with Crippen LogP contribution < -0.4 is 5.73 Å². The van der Waals surface area contributed by atoms with Crippen LogP contribution in [0.1, 0.15) is 11.1 Å². The first-order valence-electron chi connectivity index (χ1n) is 3.66. The molecule has 0 aliphatic carbocycles. The minimum Gasteiger partial charge on any atom is -0.397 e. The van der Waals surface area contributed by atoms with Crippen molar-refractivity contribution in [2.24, 2.45) is 0 Å². The van der Waals surface area contributed by atoms with E-state index in [4.69, 9.17) is 10.3 Å². The Morgan fingerprint density at radius 1 is 1.29 bits per heavy atom. The Morgan fingerprint density at radius 2 is 1.79 bits per heavy atom. The number of nitrogen functional groups attached to an aromatic ring is 1. The summed E-state index contributed by atoms with van der Waals surface area (Å²) in [7, 11) is -4.20. The largest absolute Gasteiger partial charge is 0.397 e. The van der Waals surface area contributed by atoms with E-state index in [0.717, 1.165) is 5.56 Å². The van der Waals surface area contributed by atoms with Gasteiger partial charge in [-0.3, -0.25) is 4.55 Å². The summed E-state index contributed by atoms with van der Waals surface area (Å²) < 4.78 is 30.5. The molecule has 3 N–H and O–H groups in total. The van der Waals surface area contributed by atoms with Crippen LogP contribution in [0.5, 0.6) is 0 Å². The number of nitrogens with two attached hydrogens (primary N) is 1. The van der Waals surface area contributed by atoms with Gasteiger partial charge in [-0.2, -0.15) is 8.42 Å². The molecule has 0 amide bonds. The third-order valence-corrected chi connectivity index (χ3v) is 2.66. The van der Waals surface area contributed by atoms with Crippen molar-refractivity contribution in [3.05, 3.63) is 23.3 Å². The SMILES string of the molecule is Cc1cc(C)c(N)c(S(=O)(=O)O)c1.[Na]. The molecule has 1 rings (SSSR count). The summed E-state index contributed by atoms with van der Waals surface area (Å²) in [5.74, 6) is 0. The second-order valence-corrected chi connectivity index (χ2v) is 4.36. The van der Waals surface area contributed by atoms with Crippen LogP contribution in [0.15, 0.2) is 17.0 Å². The Bertz CT molecular complexity index is 442. The quantitative estimate of drug-likeness (QED) is 0.419. The summed E-state index contributed by atoms with van der Waals surface area (Å²) in [6, 6.07) is 3.10. The van der Waals surface area contributed by atoms with E-state index in [1.165, 1.54) is 6.07 Å². The van der Waals surface area contributed by atoms with Crippen LogP contribution in [0.2, 0.25) is 0 Å². The molecule has 6 heteroatoms. The molecule has 0 heterocycles. The molecule has 0 fully saturated rings. The molecular weight excluding hydrogens is 213 g/mol. The van der Waals surface area contributed by atoms with Crippen molar-refractivity contribution < 1.29 is 13.0 Å². The van der Waals surface area contributed by atoms with Gasteiger partial charge < -0.3 is 5.73 Å². The predicted octanol–water partition coefficient (Wildman–Crippen LogP) is 0.752. The number of benzene rings is 1. The van der Waals surface area contributed by atoms with Crippen molar-refractivity contribution >= 4 is 45.4 Å². The molecule has 1 aromatic rings. The fraction of sp³-hybridized carbons (Fsp3) is 0.250. The Hall–Kier alpha value is -0.0700. The summed E-state index contributed by atoms with van der Waals surface area (Å²) in [6.07, 6.45) is 0. The van der Waals surface area contributed by atoms with Crippen LogP contribution in [0.3, 0.4) is 0 Å². The molecule has 0 aliphatic heterocycles. The summed E-state index contributed by atoms with van der Waals surface area (Å²) in [5.41, 5.74) is 7.00. The number of anilines is 1. The third kappa shape index (κ3) is 2.96.